The summed E-state index contributed by atoms with van der Waals surface area (Å²) in [5, 5.41) is 22.5. The second-order valence-electron chi connectivity index (χ2n) is 6.01. The van der Waals surface area contributed by atoms with Crippen molar-refractivity contribution >= 4 is 5.97 Å². The summed E-state index contributed by atoms with van der Waals surface area (Å²) in [5.41, 5.74) is -1.85. The van der Waals surface area contributed by atoms with Gasteiger partial charge in [-0.1, -0.05) is 0 Å². The molecule has 0 aromatic rings. The molecule has 0 N–H and O–H groups in total. The monoisotopic (exact) mass is 224 g/mol. The summed E-state index contributed by atoms with van der Waals surface area (Å²) < 4.78 is 0. The van der Waals surface area contributed by atoms with Gasteiger partial charge in [-0.15, -0.1) is 0 Å². The van der Waals surface area contributed by atoms with Gasteiger partial charge in [0.1, 0.15) is 0 Å². The molecule has 4 aliphatic rings. The van der Waals surface area contributed by atoms with Gasteiger partial charge in [0.15, 0.2) is 0 Å². The van der Waals surface area contributed by atoms with Crippen molar-refractivity contribution in [2.45, 2.75) is 44.1 Å². The zero-order chi connectivity index (χ0) is 11.6. The Kier molecular flexibility index (Phi) is 1.73. The summed E-state index contributed by atoms with van der Waals surface area (Å²) in [5.74, 6) is -0.609. The van der Waals surface area contributed by atoms with Gasteiger partial charge in [0.05, 0.1) is 0 Å². The first-order valence-electron chi connectivity index (χ1n) is 5.82. The van der Waals surface area contributed by atoms with Crippen LogP contribution in [0.2, 0.25) is 0 Å². The predicted octanol–water partition coefficient (Wildman–Crippen LogP) is 0.352. The van der Waals surface area contributed by atoms with Gasteiger partial charge in [-0.05, 0) is 31.1 Å². The molecule has 16 heavy (non-hydrogen) atoms. The summed E-state index contributed by atoms with van der Waals surface area (Å²) in [7, 11) is 0. The fraction of sp³-hybridized carbons (Fsp3) is 0.909. The van der Waals surface area contributed by atoms with Gasteiger partial charge >= 0.3 is 0 Å². The number of aliphatic carboxylic acids is 1. The Morgan fingerprint density at radius 1 is 1.19 bits per heavy atom. The first-order chi connectivity index (χ1) is 7.46. The van der Waals surface area contributed by atoms with Crippen molar-refractivity contribution in [3.63, 3.8) is 0 Å². The number of carbonyl (C=O) groups is 1. The molecular formula is C11H14NO4-. The van der Waals surface area contributed by atoms with Crippen molar-refractivity contribution in [2.75, 3.05) is 0 Å². The molecule has 0 aromatic heterocycles. The molecule has 0 heterocycles. The Morgan fingerprint density at radius 3 is 2.19 bits per heavy atom. The highest BCUT2D eigenvalue weighted by atomic mass is 16.6. The molecule has 0 aromatic carbocycles. The van der Waals surface area contributed by atoms with E-state index < -0.39 is 16.9 Å². The van der Waals surface area contributed by atoms with Crippen LogP contribution in [0.4, 0.5) is 0 Å². The third kappa shape index (κ3) is 1.09. The van der Waals surface area contributed by atoms with E-state index in [1.165, 1.54) is 0 Å². The van der Waals surface area contributed by atoms with Crippen LogP contribution in [0.3, 0.4) is 0 Å². The summed E-state index contributed by atoms with van der Waals surface area (Å²) in [6.07, 6.45) is 3.52. The second-order valence-corrected chi connectivity index (χ2v) is 6.01. The molecule has 2 unspecified atom stereocenters. The number of carbonyl (C=O) groups excluding carboxylic acids is 1. The summed E-state index contributed by atoms with van der Waals surface area (Å²) in [4.78, 5) is 22.3. The topological polar surface area (TPSA) is 83.3 Å². The third-order valence-corrected chi connectivity index (χ3v) is 4.85. The number of carboxylic acids is 1. The Balaban J connectivity index is 2.03. The van der Waals surface area contributed by atoms with Gasteiger partial charge in [-0.2, -0.15) is 0 Å². The Hall–Kier alpha value is -1.13. The minimum atomic E-state index is -1.06. The number of carboxylic acid groups (broad SMARTS) is 1. The van der Waals surface area contributed by atoms with E-state index in [9.17, 15) is 20.0 Å². The summed E-state index contributed by atoms with van der Waals surface area (Å²) >= 11 is 0. The molecule has 0 amide bonds. The minimum absolute atomic E-state index is 0.197. The molecule has 4 saturated carbocycles. The van der Waals surface area contributed by atoms with E-state index in [1.807, 2.05) is 0 Å². The first-order valence-corrected chi connectivity index (χ1v) is 5.82. The highest BCUT2D eigenvalue weighted by Crippen LogP contribution is 2.62. The summed E-state index contributed by atoms with van der Waals surface area (Å²) in [6, 6.07) is 0. The Labute approximate surface area is 93.0 Å². The molecular weight excluding hydrogens is 210 g/mol. The van der Waals surface area contributed by atoms with Crippen LogP contribution in [0, 0.1) is 27.4 Å². The zero-order valence-corrected chi connectivity index (χ0v) is 8.98. The van der Waals surface area contributed by atoms with E-state index in [0.29, 0.717) is 25.7 Å². The van der Waals surface area contributed by atoms with Gasteiger partial charge in [-0.25, -0.2) is 0 Å². The maximum Gasteiger partial charge on any atom is 0.223 e. The number of rotatable bonds is 2. The van der Waals surface area contributed by atoms with Gasteiger partial charge in [0, 0.05) is 35.6 Å². The van der Waals surface area contributed by atoms with Crippen LogP contribution < -0.4 is 5.11 Å². The Morgan fingerprint density at radius 2 is 1.75 bits per heavy atom. The number of nitrogens with zero attached hydrogens (tertiary/aromatic N) is 1. The van der Waals surface area contributed by atoms with Gasteiger partial charge in [0.25, 0.3) is 0 Å². The quantitative estimate of drug-likeness (QED) is 0.500. The van der Waals surface area contributed by atoms with E-state index in [2.05, 4.69) is 0 Å². The second kappa shape index (κ2) is 2.76. The number of hydrogen-bond acceptors (Lipinski definition) is 4. The van der Waals surface area contributed by atoms with Gasteiger partial charge in [0.2, 0.25) is 5.54 Å². The third-order valence-electron chi connectivity index (χ3n) is 4.85. The number of nitro groups is 1. The van der Waals surface area contributed by atoms with Crippen LogP contribution in [0.25, 0.3) is 0 Å². The predicted molar refractivity (Wildman–Crippen MR) is 51.8 cm³/mol. The van der Waals surface area contributed by atoms with Crippen LogP contribution in [0.15, 0.2) is 0 Å². The molecule has 4 fully saturated rings. The molecule has 0 radical (unpaired) electrons. The van der Waals surface area contributed by atoms with Crippen LogP contribution in [0.5, 0.6) is 0 Å². The molecule has 4 rings (SSSR count). The SMILES string of the molecule is O=C([O-])C12C[C@H]3C[C@@H](C1)CC([N+](=O)[O-])(C3)C2. The fourth-order valence-electron chi connectivity index (χ4n) is 4.67. The number of hydrogen-bond donors (Lipinski definition) is 0. The van der Waals surface area contributed by atoms with Crippen molar-refractivity contribution in [1.82, 2.24) is 0 Å². The van der Waals surface area contributed by atoms with E-state index in [1.54, 1.807) is 0 Å². The van der Waals surface area contributed by atoms with Crippen LogP contribution in [-0.2, 0) is 4.79 Å². The molecule has 4 aliphatic carbocycles. The van der Waals surface area contributed by atoms with Crippen molar-refractivity contribution in [1.29, 1.82) is 0 Å². The highest BCUT2D eigenvalue weighted by Gasteiger charge is 2.64. The molecule has 5 nitrogen and oxygen atoms in total. The maximum atomic E-state index is 11.3. The standard InChI is InChI=1S/C11H15NO4/c13-9(14)10-2-7-1-8(3-10)5-11(4-7,6-10)12(15)16/h7-8H,1-6H2,(H,13,14)/p-1/t7-,8+,10?,11?. The van der Waals surface area contributed by atoms with Crippen LogP contribution >= 0.6 is 0 Å². The maximum absolute atomic E-state index is 11.3. The summed E-state index contributed by atoms with van der Waals surface area (Å²) in [6.45, 7) is 0. The first kappa shape index (κ1) is 10.1. The molecule has 0 aliphatic heterocycles. The van der Waals surface area contributed by atoms with E-state index in [4.69, 9.17) is 0 Å². The Bertz CT molecular complexity index is 332. The van der Waals surface area contributed by atoms with Crippen molar-refractivity contribution < 1.29 is 14.8 Å². The largest absolute Gasteiger partial charge is 0.550 e. The lowest BCUT2D eigenvalue weighted by molar-refractivity contribution is -0.591. The van der Waals surface area contributed by atoms with Crippen molar-refractivity contribution in [3.8, 4) is 0 Å². The lowest BCUT2D eigenvalue weighted by Gasteiger charge is -2.58. The zero-order valence-electron chi connectivity index (χ0n) is 8.98. The highest BCUT2D eigenvalue weighted by molar-refractivity contribution is 5.73. The molecule has 88 valence electrons. The van der Waals surface area contributed by atoms with E-state index in [0.717, 1.165) is 6.42 Å². The lowest BCUT2D eigenvalue weighted by atomic mass is 9.47. The molecule has 0 saturated heterocycles. The minimum Gasteiger partial charge on any atom is -0.550 e. The van der Waals surface area contributed by atoms with Crippen molar-refractivity contribution in [3.05, 3.63) is 10.1 Å². The van der Waals surface area contributed by atoms with E-state index >= 15 is 0 Å². The molecule has 0 spiro atoms. The fourth-order valence-corrected chi connectivity index (χ4v) is 4.67. The molecule has 4 atom stereocenters. The van der Waals surface area contributed by atoms with Crippen LogP contribution in [-0.4, -0.2) is 16.4 Å². The molecule has 4 bridgehead atoms. The average molecular weight is 224 g/mol. The lowest BCUT2D eigenvalue weighted by Crippen LogP contribution is -2.63. The average Bonchev–Trinajstić information content (AvgIpc) is 2.14. The van der Waals surface area contributed by atoms with Gasteiger partial charge < -0.3 is 9.90 Å². The van der Waals surface area contributed by atoms with Crippen molar-refractivity contribution in [2.24, 2.45) is 17.3 Å². The van der Waals surface area contributed by atoms with Gasteiger partial charge in [-0.3, -0.25) is 10.1 Å². The normalized spacial score (nSPS) is 49.2. The van der Waals surface area contributed by atoms with E-state index in [-0.39, 0.29) is 23.2 Å². The van der Waals surface area contributed by atoms with Crippen LogP contribution in [0.1, 0.15) is 38.5 Å². The smallest absolute Gasteiger partial charge is 0.223 e. The molecule has 5 heteroatoms.